The second-order valence-electron chi connectivity index (χ2n) is 3.41. The van der Waals surface area contributed by atoms with Gasteiger partial charge in [0, 0.05) is 18.9 Å². The van der Waals surface area contributed by atoms with Crippen LogP contribution >= 0.6 is 0 Å². The highest BCUT2D eigenvalue weighted by atomic mass is 19.1. The smallest absolute Gasteiger partial charge is 0.149 e. The second kappa shape index (κ2) is 4.42. The molecule has 16 heavy (non-hydrogen) atoms. The van der Waals surface area contributed by atoms with Gasteiger partial charge in [0.1, 0.15) is 11.5 Å². The van der Waals surface area contributed by atoms with Crippen LogP contribution in [-0.2, 0) is 0 Å². The van der Waals surface area contributed by atoms with Crippen molar-refractivity contribution in [2.24, 2.45) is 5.73 Å². The summed E-state index contributed by atoms with van der Waals surface area (Å²) in [7, 11) is 0. The monoisotopic (exact) mass is 221 g/mol. The molecule has 0 aliphatic heterocycles. The molecule has 2 aromatic rings. The van der Waals surface area contributed by atoms with E-state index in [2.05, 4.69) is 5.10 Å². The minimum absolute atomic E-state index is 0.0700. The molecule has 84 valence electrons. The maximum Gasteiger partial charge on any atom is 0.149 e. The Bertz CT molecular complexity index is 470. The highest BCUT2D eigenvalue weighted by Crippen LogP contribution is 2.18. The van der Waals surface area contributed by atoms with Crippen LogP contribution in [0.4, 0.5) is 4.39 Å². The third kappa shape index (κ3) is 1.95. The Kier molecular flexibility index (Phi) is 2.98. The van der Waals surface area contributed by atoms with Gasteiger partial charge in [-0.25, -0.2) is 9.07 Å². The molecule has 0 saturated carbocycles. The lowest BCUT2D eigenvalue weighted by Crippen LogP contribution is -2.12. The van der Waals surface area contributed by atoms with Gasteiger partial charge >= 0.3 is 0 Å². The van der Waals surface area contributed by atoms with Crippen LogP contribution in [-0.4, -0.2) is 21.4 Å². The summed E-state index contributed by atoms with van der Waals surface area (Å²) >= 11 is 0. The van der Waals surface area contributed by atoms with E-state index in [4.69, 9.17) is 5.73 Å². The molecule has 0 radical (unpaired) electrons. The number of nitrogens with two attached hydrogens (primary N) is 1. The molecule has 0 bridgehead atoms. The van der Waals surface area contributed by atoms with E-state index in [1.54, 1.807) is 30.6 Å². The zero-order valence-corrected chi connectivity index (χ0v) is 8.55. The first-order chi connectivity index (χ1) is 7.72. The molecule has 0 saturated heterocycles. The van der Waals surface area contributed by atoms with E-state index in [0.29, 0.717) is 11.3 Å². The van der Waals surface area contributed by atoms with Gasteiger partial charge in [-0.15, -0.1) is 0 Å². The van der Waals surface area contributed by atoms with E-state index < -0.39 is 11.9 Å². The molecule has 0 spiro atoms. The second-order valence-corrected chi connectivity index (χ2v) is 3.41. The van der Waals surface area contributed by atoms with Gasteiger partial charge in [0.25, 0.3) is 0 Å². The lowest BCUT2D eigenvalue weighted by molar-refractivity contribution is 0.186. The number of nitrogens with zero attached hydrogens (tertiary/aromatic N) is 2. The molecular weight excluding hydrogens is 209 g/mol. The van der Waals surface area contributed by atoms with Crippen molar-refractivity contribution < 1.29 is 9.50 Å². The molecule has 2 rings (SSSR count). The first-order valence-electron chi connectivity index (χ1n) is 4.90. The first-order valence-corrected chi connectivity index (χ1v) is 4.90. The fraction of sp³-hybridized carbons (Fsp3) is 0.182. The van der Waals surface area contributed by atoms with Crippen LogP contribution < -0.4 is 5.73 Å². The van der Waals surface area contributed by atoms with E-state index in [1.165, 1.54) is 10.7 Å². The number of benzene rings is 1. The van der Waals surface area contributed by atoms with Gasteiger partial charge in [-0.3, -0.25) is 0 Å². The van der Waals surface area contributed by atoms with E-state index in [-0.39, 0.29) is 6.54 Å². The quantitative estimate of drug-likeness (QED) is 0.812. The highest BCUT2D eigenvalue weighted by molar-refractivity contribution is 5.36. The first kappa shape index (κ1) is 10.8. The molecule has 0 aliphatic carbocycles. The Labute approximate surface area is 92.1 Å². The molecule has 0 aliphatic rings. The molecule has 0 fully saturated rings. The Morgan fingerprint density at radius 3 is 2.88 bits per heavy atom. The van der Waals surface area contributed by atoms with Crippen molar-refractivity contribution in [3.8, 4) is 5.69 Å². The molecule has 0 amide bonds. The van der Waals surface area contributed by atoms with Gasteiger partial charge in [0.05, 0.1) is 6.10 Å². The predicted octanol–water partition coefficient (Wildman–Crippen LogP) is 1.00. The van der Waals surface area contributed by atoms with Crippen LogP contribution in [0.25, 0.3) is 5.69 Å². The minimum atomic E-state index is -0.832. The van der Waals surface area contributed by atoms with Crippen molar-refractivity contribution in [3.63, 3.8) is 0 Å². The average molecular weight is 221 g/mol. The lowest BCUT2D eigenvalue weighted by atomic mass is 10.1. The van der Waals surface area contributed by atoms with Crippen LogP contribution in [0.1, 0.15) is 11.7 Å². The summed E-state index contributed by atoms with van der Waals surface area (Å²) < 4.78 is 15.1. The van der Waals surface area contributed by atoms with Gasteiger partial charge in [-0.1, -0.05) is 6.07 Å². The summed E-state index contributed by atoms with van der Waals surface area (Å²) in [4.78, 5) is 0. The SMILES string of the molecule is NCC(O)c1ccc(-n2cccn2)c(F)c1. The van der Waals surface area contributed by atoms with Gasteiger partial charge < -0.3 is 10.8 Å². The maximum atomic E-state index is 13.7. The Morgan fingerprint density at radius 2 is 2.31 bits per heavy atom. The van der Waals surface area contributed by atoms with E-state index in [9.17, 15) is 9.50 Å². The van der Waals surface area contributed by atoms with Crippen molar-refractivity contribution in [2.45, 2.75) is 6.10 Å². The molecule has 1 aromatic carbocycles. The molecule has 1 atom stereocenters. The number of aromatic nitrogens is 2. The highest BCUT2D eigenvalue weighted by Gasteiger charge is 2.10. The van der Waals surface area contributed by atoms with E-state index >= 15 is 0 Å². The summed E-state index contributed by atoms with van der Waals surface area (Å²) in [6.07, 6.45) is 2.39. The van der Waals surface area contributed by atoms with Crippen LogP contribution in [0, 0.1) is 5.82 Å². The van der Waals surface area contributed by atoms with Gasteiger partial charge in [0.15, 0.2) is 0 Å². The molecule has 4 nitrogen and oxygen atoms in total. The van der Waals surface area contributed by atoms with Crippen molar-refractivity contribution in [2.75, 3.05) is 6.54 Å². The largest absolute Gasteiger partial charge is 0.387 e. The maximum absolute atomic E-state index is 13.7. The minimum Gasteiger partial charge on any atom is -0.387 e. The van der Waals surface area contributed by atoms with Crippen molar-refractivity contribution in [1.82, 2.24) is 9.78 Å². The Morgan fingerprint density at radius 1 is 1.50 bits per heavy atom. The molecule has 5 heteroatoms. The van der Waals surface area contributed by atoms with Crippen LogP contribution in [0.5, 0.6) is 0 Å². The van der Waals surface area contributed by atoms with E-state index in [1.807, 2.05) is 0 Å². The van der Waals surface area contributed by atoms with Gasteiger partial charge in [-0.05, 0) is 23.8 Å². The molecule has 3 N–H and O–H groups in total. The third-order valence-electron chi connectivity index (χ3n) is 2.33. The summed E-state index contributed by atoms with van der Waals surface area (Å²) in [5, 5.41) is 13.4. The summed E-state index contributed by atoms with van der Waals surface area (Å²) in [6, 6.07) is 6.19. The van der Waals surface area contributed by atoms with Crippen LogP contribution in [0.2, 0.25) is 0 Å². The van der Waals surface area contributed by atoms with Crippen molar-refractivity contribution >= 4 is 0 Å². The zero-order chi connectivity index (χ0) is 11.5. The predicted molar refractivity (Wildman–Crippen MR) is 57.5 cm³/mol. The summed E-state index contributed by atoms with van der Waals surface area (Å²) in [6.45, 7) is 0.0700. The average Bonchev–Trinajstić information content (AvgIpc) is 2.81. The normalized spacial score (nSPS) is 12.7. The van der Waals surface area contributed by atoms with Crippen molar-refractivity contribution in [1.29, 1.82) is 0 Å². The molecule has 1 unspecified atom stereocenters. The summed E-state index contributed by atoms with van der Waals surface area (Å²) in [5.74, 6) is -0.436. The van der Waals surface area contributed by atoms with Crippen LogP contribution in [0.3, 0.4) is 0 Å². The number of hydrogen-bond acceptors (Lipinski definition) is 3. The number of rotatable bonds is 3. The summed E-state index contributed by atoms with van der Waals surface area (Å²) in [5.41, 5.74) is 6.11. The topological polar surface area (TPSA) is 64.1 Å². The fourth-order valence-corrected chi connectivity index (χ4v) is 1.46. The molecular formula is C11H12FN3O. The number of aliphatic hydroxyl groups is 1. The van der Waals surface area contributed by atoms with Gasteiger partial charge in [0.2, 0.25) is 0 Å². The number of aliphatic hydroxyl groups excluding tert-OH is 1. The lowest BCUT2D eigenvalue weighted by Gasteiger charge is -2.10. The fourth-order valence-electron chi connectivity index (χ4n) is 1.46. The van der Waals surface area contributed by atoms with Crippen molar-refractivity contribution in [3.05, 3.63) is 48.0 Å². The Balaban J connectivity index is 2.37. The van der Waals surface area contributed by atoms with E-state index in [0.717, 1.165) is 0 Å². The number of halogens is 1. The molecule has 1 heterocycles. The Hall–Kier alpha value is -1.72. The third-order valence-corrected chi connectivity index (χ3v) is 2.33. The van der Waals surface area contributed by atoms with Gasteiger partial charge in [-0.2, -0.15) is 5.10 Å². The number of hydrogen-bond donors (Lipinski definition) is 2. The van der Waals surface area contributed by atoms with Crippen LogP contribution in [0.15, 0.2) is 36.7 Å². The molecule has 1 aromatic heterocycles. The zero-order valence-electron chi connectivity index (χ0n) is 8.55. The standard InChI is InChI=1S/C11H12FN3O/c12-9-6-8(11(16)7-13)2-3-10(9)15-5-1-4-14-15/h1-6,11,16H,7,13H2.